The van der Waals surface area contributed by atoms with Gasteiger partial charge in [0.25, 0.3) is 0 Å². The number of nitrogens with two attached hydrogens (primary N) is 1. The molecular formula is C6H4BrClIN. The average Bonchev–Trinajstić information content (AvgIpc) is 1.93. The Balaban J connectivity index is 3.34. The third-order valence-corrected chi connectivity index (χ3v) is 3.32. The fraction of sp³-hybridized carbons (Fsp3) is 0. The molecule has 0 amide bonds. The van der Waals surface area contributed by atoms with Gasteiger partial charge in [0, 0.05) is 8.04 Å². The van der Waals surface area contributed by atoms with E-state index in [0.717, 1.165) is 8.04 Å². The molecule has 1 nitrogen and oxygen atoms in total. The van der Waals surface area contributed by atoms with Gasteiger partial charge in [-0.05, 0) is 50.7 Å². The summed E-state index contributed by atoms with van der Waals surface area (Å²) in [6.45, 7) is 0. The number of nitrogen functional groups attached to an aromatic ring is 1. The summed E-state index contributed by atoms with van der Waals surface area (Å²) in [5, 5.41) is 0.590. The Morgan fingerprint density at radius 1 is 1.50 bits per heavy atom. The maximum atomic E-state index is 5.81. The van der Waals surface area contributed by atoms with Gasteiger partial charge in [0.1, 0.15) is 0 Å². The van der Waals surface area contributed by atoms with Crippen LogP contribution in [0, 0.1) is 3.57 Å². The minimum Gasteiger partial charge on any atom is -0.397 e. The molecule has 0 aliphatic rings. The van der Waals surface area contributed by atoms with E-state index >= 15 is 0 Å². The lowest BCUT2D eigenvalue weighted by atomic mass is 10.3. The van der Waals surface area contributed by atoms with E-state index in [-0.39, 0.29) is 0 Å². The van der Waals surface area contributed by atoms with Gasteiger partial charge in [0.15, 0.2) is 0 Å². The van der Waals surface area contributed by atoms with Crippen LogP contribution in [0.2, 0.25) is 5.02 Å². The van der Waals surface area contributed by atoms with Gasteiger partial charge in [-0.15, -0.1) is 0 Å². The van der Waals surface area contributed by atoms with E-state index in [0.29, 0.717) is 10.7 Å². The largest absolute Gasteiger partial charge is 0.397 e. The fourth-order valence-corrected chi connectivity index (χ4v) is 1.66. The zero-order chi connectivity index (χ0) is 7.72. The third kappa shape index (κ3) is 1.57. The third-order valence-electron chi connectivity index (χ3n) is 1.08. The van der Waals surface area contributed by atoms with Crippen molar-refractivity contribution in [2.75, 3.05) is 5.73 Å². The molecule has 2 N–H and O–H groups in total. The van der Waals surface area contributed by atoms with Crippen molar-refractivity contribution >= 4 is 55.8 Å². The highest BCUT2D eigenvalue weighted by Crippen LogP contribution is 2.31. The van der Waals surface area contributed by atoms with Crippen molar-refractivity contribution < 1.29 is 0 Å². The minimum absolute atomic E-state index is 0.590. The first-order valence-corrected chi connectivity index (χ1v) is 4.77. The lowest BCUT2D eigenvalue weighted by molar-refractivity contribution is 1.59. The molecule has 0 spiro atoms. The van der Waals surface area contributed by atoms with Crippen LogP contribution in [0.4, 0.5) is 5.69 Å². The van der Waals surface area contributed by atoms with Crippen LogP contribution >= 0.6 is 50.1 Å². The van der Waals surface area contributed by atoms with Crippen molar-refractivity contribution in [3.63, 3.8) is 0 Å². The molecule has 0 aromatic heterocycles. The molecule has 0 saturated heterocycles. The van der Waals surface area contributed by atoms with E-state index in [4.69, 9.17) is 17.3 Å². The molecule has 0 saturated carbocycles. The Kier molecular flexibility index (Phi) is 2.82. The minimum atomic E-state index is 0.590. The second kappa shape index (κ2) is 3.28. The highest BCUT2D eigenvalue weighted by atomic mass is 127. The topological polar surface area (TPSA) is 26.0 Å². The number of benzene rings is 1. The summed E-state index contributed by atoms with van der Waals surface area (Å²) in [5.74, 6) is 0. The van der Waals surface area contributed by atoms with Crippen LogP contribution < -0.4 is 5.73 Å². The van der Waals surface area contributed by atoms with E-state index in [9.17, 15) is 0 Å². The van der Waals surface area contributed by atoms with Gasteiger partial charge in [-0.2, -0.15) is 0 Å². The van der Waals surface area contributed by atoms with Gasteiger partial charge >= 0.3 is 0 Å². The lowest BCUT2D eigenvalue weighted by Gasteiger charge is -2.01. The standard InChI is InChI=1S/C6H4BrClIN/c7-3-1-2-4(9)6(10)5(3)8/h1-2H,10H2. The summed E-state index contributed by atoms with van der Waals surface area (Å²) in [6.07, 6.45) is 0. The van der Waals surface area contributed by atoms with Gasteiger partial charge in [0.05, 0.1) is 10.7 Å². The molecule has 54 valence electrons. The second-order valence-corrected chi connectivity index (χ2v) is 4.15. The second-order valence-electron chi connectivity index (χ2n) is 1.76. The molecule has 0 heterocycles. The first-order chi connectivity index (χ1) is 4.63. The number of rotatable bonds is 0. The van der Waals surface area contributed by atoms with Crippen LogP contribution in [0.5, 0.6) is 0 Å². The molecule has 0 aliphatic carbocycles. The maximum Gasteiger partial charge on any atom is 0.0788 e. The van der Waals surface area contributed by atoms with Crippen molar-refractivity contribution in [2.24, 2.45) is 0 Å². The Labute approximate surface area is 86.2 Å². The van der Waals surface area contributed by atoms with E-state index in [1.54, 1.807) is 0 Å². The normalized spacial score (nSPS) is 9.90. The predicted molar refractivity (Wildman–Crippen MR) is 56.3 cm³/mol. The van der Waals surface area contributed by atoms with E-state index in [2.05, 4.69) is 38.5 Å². The number of hydrogen-bond donors (Lipinski definition) is 1. The van der Waals surface area contributed by atoms with Gasteiger partial charge in [0.2, 0.25) is 0 Å². The monoisotopic (exact) mass is 331 g/mol. The molecule has 0 fully saturated rings. The van der Waals surface area contributed by atoms with Crippen molar-refractivity contribution in [1.82, 2.24) is 0 Å². The summed E-state index contributed by atoms with van der Waals surface area (Å²) in [5.41, 5.74) is 6.25. The summed E-state index contributed by atoms with van der Waals surface area (Å²) in [4.78, 5) is 0. The lowest BCUT2D eigenvalue weighted by Crippen LogP contribution is -1.90. The fourth-order valence-electron chi connectivity index (χ4n) is 0.543. The Morgan fingerprint density at radius 3 is 2.60 bits per heavy atom. The maximum absolute atomic E-state index is 5.81. The quantitative estimate of drug-likeness (QED) is 0.440. The van der Waals surface area contributed by atoms with Crippen LogP contribution in [0.15, 0.2) is 16.6 Å². The molecule has 4 heteroatoms. The summed E-state index contributed by atoms with van der Waals surface area (Å²) < 4.78 is 1.82. The molecule has 0 aliphatic heterocycles. The van der Waals surface area contributed by atoms with E-state index in [1.165, 1.54) is 0 Å². The van der Waals surface area contributed by atoms with Crippen molar-refractivity contribution in [3.8, 4) is 0 Å². The molecule has 0 bridgehead atoms. The summed E-state index contributed by atoms with van der Waals surface area (Å²) in [6, 6.07) is 3.78. The highest BCUT2D eigenvalue weighted by molar-refractivity contribution is 14.1. The molecular weight excluding hydrogens is 328 g/mol. The Morgan fingerprint density at radius 2 is 2.10 bits per heavy atom. The molecule has 0 radical (unpaired) electrons. The number of halogens is 3. The van der Waals surface area contributed by atoms with E-state index < -0.39 is 0 Å². The van der Waals surface area contributed by atoms with Gasteiger partial charge < -0.3 is 5.73 Å². The van der Waals surface area contributed by atoms with E-state index in [1.807, 2.05) is 12.1 Å². The van der Waals surface area contributed by atoms with Crippen LogP contribution in [0.25, 0.3) is 0 Å². The zero-order valence-corrected chi connectivity index (χ0v) is 9.37. The molecule has 10 heavy (non-hydrogen) atoms. The van der Waals surface area contributed by atoms with Gasteiger partial charge in [-0.25, -0.2) is 0 Å². The molecule has 1 rings (SSSR count). The van der Waals surface area contributed by atoms with Crippen LogP contribution in [0.1, 0.15) is 0 Å². The summed E-state index contributed by atoms with van der Waals surface area (Å²) >= 11 is 11.2. The first-order valence-electron chi connectivity index (χ1n) is 2.52. The van der Waals surface area contributed by atoms with Crippen LogP contribution in [-0.4, -0.2) is 0 Å². The van der Waals surface area contributed by atoms with Crippen LogP contribution in [-0.2, 0) is 0 Å². The van der Waals surface area contributed by atoms with Crippen molar-refractivity contribution in [1.29, 1.82) is 0 Å². The molecule has 0 atom stereocenters. The van der Waals surface area contributed by atoms with Crippen molar-refractivity contribution in [2.45, 2.75) is 0 Å². The smallest absolute Gasteiger partial charge is 0.0788 e. The van der Waals surface area contributed by atoms with Crippen molar-refractivity contribution in [3.05, 3.63) is 25.2 Å². The SMILES string of the molecule is Nc1c(I)ccc(Br)c1Cl. The molecule has 0 unspecified atom stereocenters. The van der Waals surface area contributed by atoms with Gasteiger partial charge in [-0.1, -0.05) is 11.6 Å². The predicted octanol–water partition coefficient (Wildman–Crippen LogP) is 3.29. The highest BCUT2D eigenvalue weighted by Gasteiger charge is 2.03. The Hall–Kier alpha value is 0.520. The molecule has 1 aromatic carbocycles. The Bertz CT molecular complexity index is 237. The zero-order valence-electron chi connectivity index (χ0n) is 4.87. The number of hydrogen-bond acceptors (Lipinski definition) is 1. The van der Waals surface area contributed by atoms with Crippen LogP contribution in [0.3, 0.4) is 0 Å². The number of anilines is 1. The average molecular weight is 332 g/mol. The first kappa shape index (κ1) is 8.62. The van der Waals surface area contributed by atoms with Gasteiger partial charge in [-0.3, -0.25) is 0 Å². The summed E-state index contributed by atoms with van der Waals surface area (Å²) in [7, 11) is 0. The molecule has 1 aromatic rings.